The van der Waals surface area contributed by atoms with Crippen molar-refractivity contribution in [2.75, 3.05) is 0 Å². The molecule has 3 heteroatoms. The third-order valence-electron chi connectivity index (χ3n) is 6.90. The summed E-state index contributed by atoms with van der Waals surface area (Å²) in [4.78, 5) is 0. The smallest absolute Gasteiger partial charge is 0.0865 e. The molecule has 2 aliphatic carbocycles. The first-order valence-electron chi connectivity index (χ1n) is 9.33. The second-order valence-electron chi connectivity index (χ2n) is 9.35. The van der Waals surface area contributed by atoms with Crippen LogP contribution < -0.4 is 0 Å². The second-order valence-corrected chi connectivity index (χ2v) is 9.35. The molecule has 132 valence electrons. The van der Waals surface area contributed by atoms with E-state index in [1.54, 1.807) is 0 Å². The Kier molecular flexibility index (Phi) is 4.23. The van der Waals surface area contributed by atoms with Gasteiger partial charge in [0.25, 0.3) is 0 Å². The van der Waals surface area contributed by atoms with Gasteiger partial charge in [0.05, 0.1) is 22.9 Å². The van der Waals surface area contributed by atoms with Crippen LogP contribution in [0.2, 0.25) is 0 Å². The van der Waals surface area contributed by atoms with E-state index in [-0.39, 0.29) is 11.7 Å². The molecule has 0 unspecified atom stereocenters. The van der Waals surface area contributed by atoms with Crippen LogP contribution in [0, 0.1) is 17.8 Å². The Labute approximate surface area is 141 Å². The summed E-state index contributed by atoms with van der Waals surface area (Å²) in [5, 5.41) is 21.2. The molecule has 0 aromatic carbocycles. The predicted octanol–water partition coefficient (Wildman–Crippen LogP) is 3.83. The zero-order valence-electron chi connectivity index (χ0n) is 15.4. The summed E-state index contributed by atoms with van der Waals surface area (Å²) in [6, 6.07) is 0. The van der Waals surface area contributed by atoms with Crippen molar-refractivity contribution in [3.8, 4) is 0 Å². The van der Waals surface area contributed by atoms with Gasteiger partial charge in [0, 0.05) is 0 Å². The van der Waals surface area contributed by atoms with E-state index < -0.39 is 11.2 Å². The van der Waals surface area contributed by atoms with E-state index in [1.807, 2.05) is 20.8 Å². The largest absolute Gasteiger partial charge is 0.390 e. The van der Waals surface area contributed by atoms with Crippen molar-refractivity contribution in [3.05, 3.63) is 11.6 Å². The Morgan fingerprint density at radius 1 is 1.13 bits per heavy atom. The van der Waals surface area contributed by atoms with Gasteiger partial charge in [-0.1, -0.05) is 11.6 Å². The van der Waals surface area contributed by atoms with Crippen molar-refractivity contribution in [1.82, 2.24) is 0 Å². The fraction of sp³-hybridized carbons (Fsp3) is 0.900. The quantitative estimate of drug-likeness (QED) is 0.760. The third-order valence-corrected chi connectivity index (χ3v) is 6.90. The highest BCUT2D eigenvalue weighted by atomic mass is 16.5. The maximum absolute atomic E-state index is 10.9. The first-order chi connectivity index (χ1) is 10.5. The molecule has 3 aliphatic rings. The van der Waals surface area contributed by atoms with Crippen molar-refractivity contribution >= 4 is 0 Å². The lowest BCUT2D eigenvalue weighted by Crippen LogP contribution is -2.53. The van der Waals surface area contributed by atoms with E-state index in [0.29, 0.717) is 17.8 Å². The molecule has 1 saturated carbocycles. The molecule has 0 bridgehead atoms. The third kappa shape index (κ3) is 3.12. The van der Waals surface area contributed by atoms with E-state index in [1.165, 1.54) is 5.57 Å². The van der Waals surface area contributed by atoms with Crippen LogP contribution in [0.25, 0.3) is 0 Å². The molecule has 3 nitrogen and oxygen atoms in total. The average Bonchev–Trinajstić information content (AvgIpc) is 2.81. The molecule has 0 aromatic heterocycles. The standard InChI is InChI=1S/C20H34O3/c1-13-6-7-15-14(12-13)16(8-10-19(15,4)22)20(5)11-9-17(23-20)18(2,3)21/h12,14-17,21-22H,6-11H2,1-5H3/t14-,15-,16-,17-,19+,20+/m0/s1. The van der Waals surface area contributed by atoms with E-state index in [4.69, 9.17) is 4.74 Å². The molecule has 0 aromatic rings. The Balaban J connectivity index is 1.86. The Bertz CT molecular complexity index is 488. The molecule has 0 radical (unpaired) electrons. The highest BCUT2D eigenvalue weighted by Gasteiger charge is 2.54. The van der Waals surface area contributed by atoms with Gasteiger partial charge >= 0.3 is 0 Å². The SMILES string of the molecule is CC1=C[C@@H]2[C@@H]([C@@]3(C)CC[C@@H](C(C)(C)O)O3)CC[C@@](C)(O)[C@H]2CC1. The first kappa shape index (κ1) is 17.4. The molecule has 2 fully saturated rings. The lowest BCUT2D eigenvalue weighted by atomic mass is 9.57. The molecule has 1 heterocycles. The van der Waals surface area contributed by atoms with Crippen molar-refractivity contribution in [1.29, 1.82) is 0 Å². The number of hydrogen-bond acceptors (Lipinski definition) is 3. The number of allylic oxidation sites excluding steroid dienone is 2. The monoisotopic (exact) mass is 322 g/mol. The number of aliphatic hydroxyl groups is 2. The minimum atomic E-state index is -0.782. The van der Waals surface area contributed by atoms with Gasteiger partial charge < -0.3 is 14.9 Å². The summed E-state index contributed by atoms with van der Waals surface area (Å²) in [6.45, 7) is 10.2. The number of fused-ring (bicyclic) bond motifs is 1. The van der Waals surface area contributed by atoms with Crippen molar-refractivity contribution < 1.29 is 14.9 Å². The van der Waals surface area contributed by atoms with Crippen LogP contribution in [0.5, 0.6) is 0 Å². The molecule has 0 amide bonds. The Morgan fingerprint density at radius 2 is 1.83 bits per heavy atom. The van der Waals surface area contributed by atoms with Crippen molar-refractivity contribution in [2.24, 2.45) is 17.8 Å². The fourth-order valence-electron chi connectivity index (χ4n) is 5.39. The van der Waals surface area contributed by atoms with Crippen LogP contribution in [-0.2, 0) is 4.74 Å². The van der Waals surface area contributed by atoms with E-state index in [0.717, 1.165) is 38.5 Å². The normalized spacial score (nSPS) is 48.0. The summed E-state index contributed by atoms with van der Waals surface area (Å²) in [7, 11) is 0. The summed E-state index contributed by atoms with van der Waals surface area (Å²) in [6.07, 6.45) is 8.32. The minimum absolute atomic E-state index is 0.0814. The zero-order chi connectivity index (χ0) is 17.0. The lowest BCUT2D eigenvalue weighted by Gasteiger charge is -2.52. The number of rotatable bonds is 2. The zero-order valence-corrected chi connectivity index (χ0v) is 15.4. The molecule has 2 N–H and O–H groups in total. The van der Waals surface area contributed by atoms with Gasteiger partial charge in [-0.25, -0.2) is 0 Å². The maximum Gasteiger partial charge on any atom is 0.0865 e. The number of ether oxygens (including phenoxy) is 1. The molecule has 0 spiro atoms. The second kappa shape index (κ2) is 5.57. The lowest BCUT2D eigenvalue weighted by molar-refractivity contribution is -0.167. The van der Waals surface area contributed by atoms with Crippen LogP contribution in [0.15, 0.2) is 11.6 Å². The molecule has 1 aliphatic heterocycles. The van der Waals surface area contributed by atoms with Crippen LogP contribution in [0.3, 0.4) is 0 Å². The minimum Gasteiger partial charge on any atom is -0.390 e. The summed E-state index contributed by atoms with van der Waals surface area (Å²) >= 11 is 0. The fourth-order valence-corrected chi connectivity index (χ4v) is 5.39. The Hall–Kier alpha value is -0.380. The number of hydrogen-bond donors (Lipinski definition) is 2. The van der Waals surface area contributed by atoms with Gasteiger partial charge in [-0.3, -0.25) is 0 Å². The van der Waals surface area contributed by atoms with E-state index in [9.17, 15) is 10.2 Å². The summed E-state index contributed by atoms with van der Waals surface area (Å²) in [5.41, 5.74) is -0.0637. The molecule has 6 atom stereocenters. The molecular formula is C20H34O3. The van der Waals surface area contributed by atoms with Crippen LogP contribution in [-0.4, -0.2) is 33.1 Å². The van der Waals surface area contributed by atoms with Crippen LogP contribution >= 0.6 is 0 Å². The van der Waals surface area contributed by atoms with Crippen LogP contribution in [0.4, 0.5) is 0 Å². The summed E-state index contributed by atoms with van der Waals surface area (Å²) in [5.74, 6) is 1.18. The van der Waals surface area contributed by atoms with Gasteiger partial charge in [-0.2, -0.15) is 0 Å². The van der Waals surface area contributed by atoms with Gasteiger partial charge in [-0.05, 0) is 90.9 Å². The Morgan fingerprint density at radius 3 is 2.43 bits per heavy atom. The van der Waals surface area contributed by atoms with Gasteiger partial charge in [0.2, 0.25) is 0 Å². The van der Waals surface area contributed by atoms with E-state index in [2.05, 4.69) is 19.9 Å². The molecule has 23 heavy (non-hydrogen) atoms. The van der Waals surface area contributed by atoms with Gasteiger partial charge in [0.15, 0.2) is 0 Å². The van der Waals surface area contributed by atoms with Gasteiger partial charge in [-0.15, -0.1) is 0 Å². The first-order valence-corrected chi connectivity index (χ1v) is 9.33. The predicted molar refractivity (Wildman–Crippen MR) is 92.1 cm³/mol. The van der Waals surface area contributed by atoms with Crippen molar-refractivity contribution in [3.63, 3.8) is 0 Å². The average molecular weight is 322 g/mol. The molecule has 1 saturated heterocycles. The summed E-state index contributed by atoms with van der Waals surface area (Å²) < 4.78 is 6.44. The molecular weight excluding hydrogens is 288 g/mol. The van der Waals surface area contributed by atoms with E-state index >= 15 is 0 Å². The highest BCUT2D eigenvalue weighted by Crippen LogP contribution is 2.54. The van der Waals surface area contributed by atoms with Gasteiger partial charge in [0.1, 0.15) is 0 Å². The van der Waals surface area contributed by atoms with Crippen molar-refractivity contribution in [2.45, 2.75) is 96.1 Å². The van der Waals surface area contributed by atoms with Crippen LogP contribution in [0.1, 0.15) is 73.1 Å². The topological polar surface area (TPSA) is 49.7 Å². The highest BCUT2D eigenvalue weighted by molar-refractivity contribution is 5.16. The maximum atomic E-state index is 10.9. The molecule has 3 rings (SSSR count).